The molecule has 3 nitrogen and oxygen atoms in total. The Morgan fingerprint density at radius 3 is 2.62 bits per heavy atom. The molecule has 0 amide bonds. The molecule has 4 heteroatoms. The number of hydrogen-bond acceptors (Lipinski definition) is 4. The second kappa shape index (κ2) is 5.40. The predicted molar refractivity (Wildman–Crippen MR) is 83.5 cm³/mol. The van der Waals surface area contributed by atoms with Crippen LogP contribution in [0.5, 0.6) is 5.75 Å². The van der Waals surface area contributed by atoms with Crippen molar-refractivity contribution in [2.24, 2.45) is 17.3 Å². The minimum Gasteiger partial charge on any atom is -0.425 e. The molecule has 4 heterocycles. The molecule has 21 heavy (non-hydrogen) atoms. The van der Waals surface area contributed by atoms with E-state index in [-0.39, 0.29) is 11.4 Å². The number of hydrogen-bond donors (Lipinski definition) is 0. The van der Waals surface area contributed by atoms with Gasteiger partial charge in [-0.2, -0.15) is 0 Å². The van der Waals surface area contributed by atoms with E-state index in [0.29, 0.717) is 5.92 Å². The van der Waals surface area contributed by atoms with Gasteiger partial charge in [0.25, 0.3) is 0 Å². The highest BCUT2D eigenvalue weighted by Crippen LogP contribution is 2.52. The zero-order chi connectivity index (χ0) is 14.3. The van der Waals surface area contributed by atoms with Crippen molar-refractivity contribution in [1.82, 2.24) is 4.90 Å². The third-order valence-electron chi connectivity index (χ3n) is 5.97. The number of thiophene rings is 1. The van der Waals surface area contributed by atoms with Crippen LogP contribution in [0.3, 0.4) is 0 Å². The molecule has 3 saturated heterocycles. The number of nitrogens with zero attached hydrogens (tertiary/aromatic N) is 1. The lowest BCUT2D eigenvalue weighted by molar-refractivity contribution is -0.155. The molecule has 1 aromatic rings. The molecule has 0 aromatic carbocycles. The van der Waals surface area contributed by atoms with Crippen molar-refractivity contribution in [1.29, 1.82) is 0 Å². The van der Waals surface area contributed by atoms with E-state index in [1.54, 1.807) is 11.3 Å². The largest absolute Gasteiger partial charge is 0.425 e. The van der Waals surface area contributed by atoms with Gasteiger partial charge in [-0.3, -0.25) is 4.79 Å². The van der Waals surface area contributed by atoms with Crippen LogP contribution in [-0.4, -0.2) is 30.5 Å². The van der Waals surface area contributed by atoms with Gasteiger partial charge in [-0.05, 0) is 62.1 Å². The van der Waals surface area contributed by atoms with E-state index in [1.807, 2.05) is 16.8 Å². The maximum absolute atomic E-state index is 13.0. The van der Waals surface area contributed by atoms with Gasteiger partial charge < -0.3 is 9.64 Å². The smallest absolute Gasteiger partial charge is 0.317 e. The van der Waals surface area contributed by atoms with Crippen LogP contribution < -0.4 is 4.74 Å². The van der Waals surface area contributed by atoms with Gasteiger partial charge in [0.05, 0.1) is 5.41 Å². The van der Waals surface area contributed by atoms with Gasteiger partial charge in [0, 0.05) is 11.9 Å². The molecule has 114 valence electrons. The van der Waals surface area contributed by atoms with Crippen LogP contribution >= 0.6 is 11.3 Å². The molecule has 1 unspecified atom stereocenters. The standard InChI is InChI=1S/C17H23NO2S/c19-16(20-14-5-10-21-12-14)17(6-1-2-7-17)15-11-18-8-3-13(15)4-9-18/h5,10,12-13,15H,1-4,6-9,11H2. The molecule has 2 bridgehead atoms. The van der Waals surface area contributed by atoms with Crippen LogP contribution in [0.2, 0.25) is 0 Å². The molecule has 0 N–H and O–H groups in total. The predicted octanol–water partition coefficient (Wildman–Crippen LogP) is 3.56. The van der Waals surface area contributed by atoms with E-state index in [2.05, 4.69) is 4.90 Å². The molecule has 0 spiro atoms. The molecule has 5 rings (SSSR count). The van der Waals surface area contributed by atoms with Gasteiger partial charge in [-0.15, -0.1) is 11.3 Å². The zero-order valence-corrected chi connectivity index (χ0v) is 13.2. The molecular weight excluding hydrogens is 282 g/mol. The molecule has 1 aromatic heterocycles. The van der Waals surface area contributed by atoms with Crippen molar-refractivity contribution in [3.8, 4) is 5.75 Å². The summed E-state index contributed by atoms with van der Waals surface area (Å²) in [6.07, 6.45) is 6.98. The van der Waals surface area contributed by atoms with Crippen molar-refractivity contribution in [3.63, 3.8) is 0 Å². The lowest BCUT2D eigenvalue weighted by atomic mass is 9.63. The Labute approximate surface area is 130 Å². The fraction of sp³-hybridized carbons (Fsp3) is 0.706. The van der Waals surface area contributed by atoms with Gasteiger partial charge >= 0.3 is 5.97 Å². The minimum absolute atomic E-state index is 0.0529. The van der Waals surface area contributed by atoms with Crippen molar-refractivity contribution in [3.05, 3.63) is 16.8 Å². The quantitative estimate of drug-likeness (QED) is 0.800. The summed E-state index contributed by atoms with van der Waals surface area (Å²) >= 11 is 1.59. The highest BCUT2D eigenvalue weighted by molar-refractivity contribution is 7.08. The number of rotatable bonds is 3. The third kappa shape index (κ3) is 2.33. The van der Waals surface area contributed by atoms with Crippen LogP contribution in [0.1, 0.15) is 38.5 Å². The lowest BCUT2D eigenvalue weighted by Gasteiger charge is -2.50. The molecule has 0 radical (unpaired) electrons. The number of piperidine rings is 3. The van der Waals surface area contributed by atoms with E-state index in [0.717, 1.165) is 31.1 Å². The van der Waals surface area contributed by atoms with Crippen LogP contribution in [0.4, 0.5) is 0 Å². The molecular formula is C17H23NO2S. The molecule has 4 fully saturated rings. The second-order valence-electron chi connectivity index (χ2n) is 6.96. The molecule has 1 saturated carbocycles. The molecule has 4 aliphatic rings. The van der Waals surface area contributed by atoms with Crippen LogP contribution in [0.15, 0.2) is 16.8 Å². The first-order chi connectivity index (χ1) is 10.3. The SMILES string of the molecule is O=C(Oc1ccsc1)C1(C2CN3CCC2CC3)CCCC1. The molecule has 1 aliphatic carbocycles. The molecule has 3 aliphatic heterocycles. The Morgan fingerprint density at radius 1 is 1.29 bits per heavy atom. The Morgan fingerprint density at radius 2 is 2.05 bits per heavy atom. The zero-order valence-electron chi connectivity index (χ0n) is 12.4. The Kier molecular flexibility index (Phi) is 3.54. The summed E-state index contributed by atoms with van der Waals surface area (Å²) in [6.45, 7) is 3.58. The maximum atomic E-state index is 13.0. The molecule has 1 atom stereocenters. The van der Waals surface area contributed by atoms with Gasteiger partial charge in [0.2, 0.25) is 0 Å². The fourth-order valence-corrected chi connectivity index (χ4v) is 5.39. The first-order valence-corrected chi connectivity index (χ1v) is 9.19. The maximum Gasteiger partial charge on any atom is 0.317 e. The highest BCUT2D eigenvalue weighted by atomic mass is 32.1. The topological polar surface area (TPSA) is 29.5 Å². The summed E-state index contributed by atoms with van der Waals surface area (Å²) < 4.78 is 5.76. The normalized spacial score (nSPS) is 34.0. The summed E-state index contributed by atoms with van der Waals surface area (Å²) in [4.78, 5) is 15.5. The van der Waals surface area contributed by atoms with Crippen LogP contribution in [0.25, 0.3) is 0 Å². The van der Waals surface area contributed by atoms with E-state index in [1.165, 1.54) is 38.8 Å². The first-order valence-electron chi connectivity index (χ1n) is 8.25. The highest BCUT2D eigenvalue weighted by Gasteiger charge is 2.54. The Hall–Kier alpha value is -0.870. The van der Waals surface area contributed by atoms with Crippen LogP contribution in [-0.2, 0) is 4.79 Å². The van der Waals surface area contributed by atoms with Crippen molar-refractivity contribution in [2.75, 3.05) is 19.6 Å². The number of carbonyl (C=O) groups is 1. The number of esters is 1. The summed E-state index contributed by atoms with van der Waals surface area (Å²) in [5.74, 6) is 2.05. The van der Waals surface area contributed by atoms with Gasteiger partial charge in [-0.25, -0.2) is 0 Å². The second-order valence-corrected chi connectivity index (χ2v) is 7.74. The Bertz CT molecular complexity index is 499. The third-order valence-corrected chi connectivity index (χ3v) is 6.64. The van der Waals surface area contributed by atoms with Gasteiger partial charge in [0.15, 0.2) is 0 Å². The van der Waals surface area contributed by atoms with Crippen LogP contribution in [0, 0.1) is 17.3 Å². The number of carbonyl (C=O) groups excluding carboxylic acids is 1. The average Bonchev–Trinajstić information content (AvgIpc) is 3.20. The summed E-state index contributed by atoms with van der Waals surface area (Å²) in [5.41, 5.74) is -0.203. The lowest BCUT2D eigenvalue weighted by Crippen LogP contribution is -2.55. The number of fused-ring (bicyclic) bond motifs is 3. The summed E-state index contributed by atoms with van der Waals surface area (Å²) in [6, 6.07) is 1.90. The first kappa shape index (κ1) is 13.8. The van der Waals surface area contributed by atoms with Crippen molar-refractivity contribution < 1.29 is 9.53 Å². The number of ether oxygens (including phenoxy) is 1. The minimum atomic E-state index is -0.203. The monoisotopic (exact) mass is 305 g/mol. The Balaban J connectivity index is 1.59. The van der Waals surface area contributed by atoms with Gasteiger partial charge in [-0.1, -0.05) is 12.8 Å². The summed E-state index contributed by atoms with van der Waals surface area (Å²) in [7, 11) is 0. The van der Waals surface area contributed by atoms with E-state index in [9.17, 15) is 4.79 Å². The van der Waals surface area contributed by atoms with Crippen molar-refractivity contribution in [2.45, 2.75) is 38.5 Å². The average molecular weight is 305 g/mol. The van der Waals surface area contributed by atoms with E-state index >= 15 is 0 Å². The van der Waals surface area contributed by atoms with E-state index in [4.69, 9.17) is 4.74 Å². The van der Waals surface area contributed by atoms with Crippen molar-refractivity contribution >= 4 is 17.3 Å². The summed E-state index contributed by atoms with van der Waals surface area (Å²) in [5, 5.41) is 3.90. The fourth-order valence-electron chi connectivity index (χ4n) is 4.84. The van der Waals surface area contributed by atoms with Gasteiger partial charge in [0.1, 0.15) is 5.75 Å². The van der Waals surface area contributed by atoms with E-state index < -0.39 is 0 Å².